The van der Waals surface area contributed by atoms with E-state index in [4.69, 9.17) is 14.6 Å². The Hall–Kier alpha value is -2.90. The molecule has 30 heavy (non-hydrogen) atoms. The SMILES string of the molecule is CC(=O)c1ccc(NC(=O)O[C@H](c2ccccc2OCCO)C(C)(C)CCO)cc1. The summed E-state index contributed by atoms with van der Waals surface area (Å²) in [5, 5.41) is 21.3. The molecule has 2 aromatic carbocycles. The van der Waals surface area contributed by atoms with E-state index in [1.54, 1.807) is 42.5 Å². The van der Waals surface area contributed by atoms with E-state index >= 15 is 0 Å². The Labute approximate surface area is 176 Å². The Kier molecular flexibility index (Phi) is 8.38. The molecule has 0 saturated carbocycles. The normalized spacial score (nSPS) is 12.2. The molecule has 0 bridgehead atoms. The van der Waals surface area contributed by atoms with Crippen molar-refractivity contribution in [1.82, 2.24) is 0 Å². The fraction of sp³-hybridized carbons (Fsp3) is 0.391. The molecule has 1 amide bonds. The summed E-state index contributed by atoms with van der Waals surface area (Å²) in [4.78, 5) is 24.0. The van der Waals surface area contributed by atoms with Gasteiger partial charge >= 0.3 is 6.09 Å². The molecule has 0 spiro atoms. The van der Waals surface area contributed by atoms with E-state index in [2.05, 4.69) is 5.32 Å². The third-order valence-electron chi connectivity index (χ3n) is 4.78. The topological polar surface area (TPSA) is 105 Å². The molecule has 1 atom stereocenters. The van der Waals surface area contributed by atoms with Gasteiger partial charge in [0.15, 0.2) is 5.78 Å². The predicted octanol–water partition coefficient (Wildman–Crippen LogP) is 3.96. The highest BCUT2D eigenvalue weighted by molar-refractivity contribution is 5.95. The van der Waals surface area contributed by atoms with Crippen molar-refractivity contribution in [2.45, 2.75) is 33.3 Å². The van der Waals surface area contributed by atoms with Gasteiger partial charge in [0.05, 0.1) is 6.61 Å². The molecule has 162 valence electrons. The molecule has 0 heterocycles. The molecule has 0 aromatic heterocycles. The van der Waals surface area contributed by atoms with Gasteiger partial charge in [-0.15, -0.1) is 0 Å². The van der Waals surface area contributed by atoms with Crippen LogP contribution < -0.4 is 10.1 Å². The summed E-state index contributed by atoms with van der Waals surface area (Å²) < 4.78 is 11.4. The van der Waals surface area contributed by atoms with E-state index in [0.29, 0.717) is 29.0 Å². The van der Waals surface area contributed by atoms with Crippen molar-refractivity contribution in [3.63, 3.8) is 0 Å². The number of benzene rings is 2. The number of aliphatic hydroxyl groups is 2. The number of aliphatic hydroxyl groups excluding tert-OH is 2. The van der Waals surface area contributed by atoms with Crippen LogP contribution in [-0.4, -0.2) is 41.9 Å². The summed E-state index contributed by atoms with van der Waals surface area (Å²) in [5.41, 5.74) is 1.09. The van der Waals surface area contributed by atoms with Gasteiger partial charge in [0, 0.05) is 28.8 Å². The Morgan fingerprint density at radius 1 is 1.03 bits per heavy atom. The van der Waals surface area contributed by atoms with E-state index in [1.807, 2.05) is 19.9 Å². The minimum absolute atomic E-state index is 0.0607. The highest BCUT2D eigenvalue weighted by Gasteiger charge is 2.36. The van der Waals surface area contributed by atoms with E-state index in [9.17, 15) is 14.7 Å². The van der Waals surface area contributed by atoms with Gasteiger partial charge in [-0.25, -0.2) is 4.79 Å². The second-order valence-electron chi connectivity index (χ2n) is 7.62. The number of carbonyl (C=O) groups is 2. The molecule has 7 heteroatoms. The fourth-order valence-corrected chi connectivity index (χ4v) is 3.09. The molecular weight excluding hydrogens is 386 g/mol. The molecule has 0 unspecified atom stereocenters. The first kappa shape index (κ1) is 23.4. The van der Waals surface area contributed by atoms with Crippen LogP contribution in [0.5, 0.6) is 5.75 Å². The number of nitrogens with one attached hydrogen (secondary N) is 1. The Balaban J connectivity index is 2.26. The molecule has 2 aromatic rings. The number of ether oxygens (including phenoxy) is 2. The Morgan fingerprint density at radius 3 is 2.30 bits per heavy atom. The Bertz CT molecular complexity index is 847. The molecule has 0 aliphatic carbocycles. The lowest BCUT2D eigenvalue weighted by atomic mass is 9.79. The molecule has 0 fully saturated rings. The predicted molar refractivity (Wildman–Crippen MR) is 114 cm³/mol. The zero-order chi connectivity index (χ0) is 22.1. The van der Waals surface area contributed by atoms with E-state index in [1.165, 1.54) is 6.92 Å². The van der Waals surface area contributed by atoms with Crippen molar-refractivity contribution in [3.05, 3.63) is 59.7 Å². The third kappa shape index (κ3) is 6.30. The Morgan fingerprint density at radius 2 is 1.70 bits per heavy atom. The van der Waals surface area contributed by atoms with Crippen LogP contribution in [0.25, 0.3) is 0 Å². The number of rotatable bonds is 10. The maximum atomic E-state index is 12.6. The highest BCUT2D eigenvalue weighted by atomic mass is 16.6. The third-order valence-corrected chi connectivity index (χ3v) is 4.78. The minimum Gasteiger partial charge on any atom is -0.491 e. The van der Waals surface area contributed by atoms with E-state index < -0.39 is 17.6 Å². The number of carbonyl (C=O) groups excluding carboxylic acids is 2. The quantitative estimate of drug-likeness (QED) is 0.507. The molecule has 7 nitrogen and oxygen atoms in total. The van der Waals surface area contributed by atoms with Crippen LogP contribution in [0.2, 0.25) is 0 Å². The van der Waals surface area contributed by atoms with Gasteiger partial charge in [0.1, 0.15) is 18.5 Å². The number of ketones is 1. The molecular formula is C23H29NO6. The van der Waals surface area contributed by atoms with Crippen molar-refractivity contribution >= 4 is 17.6 Å². The largest absolute Gasteiger partial charge is 0.491 e. The van der Waals surface area contributed by atoms with Crippen molar-refractivity contribution in [3.8, 4) is 5.75 Å². The second kappa shape index (κ2) is 10.8. The van der Waals surface area contributed by atoms with Crippen LogP contribution in [0.15, 0.2) is 48.5 Å². The molecule has 0 aliphatic rings. The van der Waals surface area contributed by atoms with Gasteiger partial charge < -0.3 is 19.7 Å². The van der Waals surface area contributed by atoms with Crippen LogP contribution in [0.1, 0.15) is 49.2 Å². The molecule has 0 radical (unpaired) electrons. The van der Waals surface area contributed by atoms with E-state index in [0.717, 1.165) is 0 Å². The monoisotopic (exact) mass is 415 g/mol. The number of para-hydroxylation sites is 1. The number of amides is 1. The lowest BCUT2D eigenvalue weighted by molar-refractivity contribution is 0.0133. The minimum atomic E-state index is -0.712. The van der Waals surface area contributed by atoms with Crippen LogP contribution in [0, 0.1) is 5.41 Å². The zero-order valence-electron chi connectivity index (χ0n) is 17.6. The summed E-state index contributed by atoms with van der Waals surface area (Å²) in [6.07, 6.45) is -0.985. The first-order valence-electron chi connectivity index (χ1n) is 9.80. The summed E-state index contributed by atoms with van der Waals surface area (Å²) >= 11 is 0. The van der Waals surface area contributed by atoms with Gasteiger partial charge in [-0.05, 0) is 43.7 Å². The first-order valence-corrected chi connectivity index (χ1v) is 9.80. The van der Waals surface area contributed by atoms with Crippen molar-refractivity contribution in [1.29, 1.82) is 0 Å². The van der Waals surface area contributed by atoms with Crippen LogP contribution in [0.3, 0.4) is 0 Å². The lowest BCUT2D eigenvalue weighted by Gasteiger charge is -2.34. The van der Waals surface area contributed by atoms with Crippen molar-refractivity contribution in [2.75, 3.05) is 25.1 Å². The maximum Gasteiger partial charge on any atom is 0.412 e. The second-order valence-corrected chi connectivity index (χ2v) is 7.62. The van der Waals surface area contributed by atoms with Crippen LogP contribution >= 0.6 is 0 Å². The fourth-order valence-electron chi connectivity index (χ4n) is 3.09. The standard InChI is InChI=1S/C23H29NO6/c1-16(27)17-8-10-18(11-9-17)24-22(28)30-21(23(2,3)12-13-25)19-6-4-5-7-20(19)29-15-14-26/h4-11,21,25-26H,12-15H2,1-3H3,(H,24,28)/t21-/m1/s1. The van der Waals surface area contributed by atoms with Gasteiger partial charge in [-0.3, -0.25) is 10.1 Å². The average Bonchev–Trinajstić information content (AvgIpc) is 2.71. The first-order chi connectivity index (χ1) is 14.3. The molecule has 3 N–H and O–H groups in total. The van der Waals surface area contributed by atoms with Gasteiger partial charge in [0.2, 0.25) is 0 Å². The lowest BCUT2D eigenvalue weighted by Crippen LogP contribution is -2.30. The van der Waals surface area contributed by atoms with Crippen LogP contribution in [0.4, 0.5) is 10.5 Å². The smallest absolute Gasteiger partial charge is 0.412 e. The summed E-state index contributed by atoms with van der Waals surface area (Å²) in [7, 11) is 0. The molecule has 2 rings (SSSR count). The van der Waals surface area contributed by atoms with Gasteiger partial charge in [0.25, 0.3) is 0 Å². The summed E-state index contributed by atoms with van der Waals surface area (Å²) in [5.74, 6) is 0.440. The maximum absolute atomic E-state index is 12.6. The zero-order valence-corrected chi connectivity index (χ0v) is 17.6. The number of Topliss-reactive ketones (excluding diaryl/α,β-unsaturated/α-hetero) is 1. The van der Waals surface area contributed by atoms with Crippen LogP contribution in [-0.2, 0) is 4.74 Å². The van der Waals surface area contributed by atoms with Gasteiger partial charge in [-0.1, -0.05) is 32.0 Å². The summed E-state index contributed by atoms with van der Waals surface area (Å²) in [6.45, 7) is 5.16. The summed E-state index contributed by atoms with van der Waals surface area (Å²) in [6, 6.07) is 13.7. The van der Waals surface area contributed by atoms with Gasteiger partial charge in [-0.2, -0.15) is 0 Å². The number of anilines is 1. The van der Waals surface area contributed by atoms with Crippen molar-refractivity contribution in [2.24, 2.45) is 5.41 Å². The number of hydrogen-bond donors (Lipinski definition) is 3. The molecule has 0 saturated heterocycles. The average molecular weight is 415 g/mol. The van der Waals surface area contributed by atoms with E-state index in [-0.39, 0.29) is 25.6 Å². The number of hydrogen-bond acceptors (Lipinski definition) is 6. The van der Waals surface area contributed by atoms with Crippen molar-refractivity contribution < 1.29 is 29.3 Å². The highest BCUT2D eigenvalue weighted by Crippen LogP contribution is 2.43. The molecule has 0 aliphatic heterocycles.